The van der Waals surface area contributed by atoms with Crippen LogP contribution in [0.2, 0.25) is 0 Å². The first kappa shape index (κ1) is 12.8. The summed E-state index contributed by atoms with van der Waals surface area (Å²) in [7, 11) is 0. The van der Waals surface area contributed by atoms with Crippen molar-refractivity contribution in [3.05, 3.63) is 65.0 Å². The van der Waals surface area contributed by atoms with Crippen LogP contribution in [0.4, 0.5) is 4.39 Å². The van der Waals surface area contributed by atoms with Gasteiger partial charge in [-0.15, -0.1) is 0 Å². The highest BCUT2D eigenvalue weighted by atomic mass is 19.1. The fourth-order valence-corrected chi connectivity index (χ4v) is 1.58. The monoisotopic (exact) mass is 255 g/mol. The molecule has 0 spiro atoms. The van der Waals surface area contributed by atoms with Gasteiger partial charge in [0, 0.05) is 11.6 Å². The molecule has 3 nitrogen and oxygen atoms in total. The SMILES string of the molecule is N#Cc1ccc(COc2cc(F)cc(C=O)c2)cc1. The highest BCUT2D eigenvalue weighted by molar-refractivity contribution is 5.75. The summed E-state index contributed by atoms with van der Waals surface area (Å²) in [5.74, 6) is -0.217. The van der Waals surface area contributed by atoms with Crippen molar-refractivity contribution in [3.63, 3.8) is 0 Å². The Morgan fingerprint density at radius 2 is 1.95 bits per heavy atom. The molecule has 0 radical (unpaired) electrons. The standard InChI is InChI=1S/C15H10FNO2/c16-14-5-13(9-18)6-15(7-14)19-10-12-3-1-11(8-17)2-4-12/h1-7,9H,10H2. The van der Waals surface area contributed by atoms with Gasteiger partial charge in [0.2, 0.25) is 0 Å². The zero-order chi connectivity index (χ0) is 13.7. The van der Waals surface area contributed by atoms with E-state index in [1.807, 2.05) is 6.07 Å². The van der Waals surface area contributed by atoms with Crippen LogP contribution >= 0.6 is 0 Å². The van der Waals surface area contributed by atoms with E-state index in [0.717, 1.165) is 11.6 Å². The molecule has 0 unspecified atom stereocenters. The lowest BCUT2D eigenvalue weighted by Crippen LogP contribution is -1.97. The zero-order valence-electron chi connectivity index (χ0n) is 9.97. The molecule has 0 fully saturated rings. The van der Waals surface area contributed by atoms with Crippen LogP contribution in [-0.4, -0.2) is 6.29 Å². The topological polar surface area (TPSA) is 50.1 Å². The van der Waals surface area contributed by atoms with Crippen molar-refractivity contribution < 1.29 is 13.9 Å². The summed E-state index contributed by atoms with van der Waals surface area (Å²) < 4.78 is 18.6. The lowest BCUT2D eigenvalue weighted by molar-refractivity contribution is 0.112. The van der Waals surface area contributed by atoms with Gasteiger partial charge in [-0.3, -0.25) is 4.79 Å². The number of rotatable bonds is 4. The van der Waals surface area contributed by atoms with Crippen LogP contribution in [0.25, 0.3) is 0 Å². The lowest BCUT2D eigenvalue weighted by atomic mass is 10.1. The highest BCUT2D eigenvalue weighted by Gasteiger charge is 2.02. The maximum absolute atomic E-state index is 13.2. The van der Waals surface area contributed by atoms with Crippen molar-refractivity contribution in [2.24, 2.45) is 0 Å². The van der Waals surface area contributed by atoms with Crippen LogP contribution in [0.1, 0.15) is 21.5 Å². The van der Waals surface area contributed by atoms with E-state index in [4.69, 9.17) is 10.00 Å². The van der Waals surface area contributed by atoms with Crippen LogP contribution in [-0.2, 0) is 6.61 Å². The fourth-order valence-electron chi connectivity index (χ4n) is 1.58. The van der Waals surface area contributed by atoms with E-state index in [0.29, 0.717) is 17.6 Å². The Labute approximate surface area is 109 Å². The summed E-state index contributed by atoms with van der Waals surface area (Å²) in [4.78, 5) is 10.6. The number of nitrogens with zero attached hydrogens (tertiary/aromatic N) is 1. The molecule has 0 aromatic heterocycles. The van der Waals surface area contributed by atoms with Crippen LogP contribution in [0.5, 0.6) is 5.75 Å². The zero-order valence-corrected chi connectivity index (χ0v) is 9.97. The van der Waals surface area contributed by atoms with E-state index in [9.17, 15) is 9.18 Å². The average Bonchev–Trinajstić information content (AvgIpc) is 2.45. The van der Waals surface area contributed by atoms with E-state index < -0.39 is 5.82 Å². The minimum Gasteiger partial charge on any atom is -0.489 e. The van der Waals surface area contributed by atoms with Gasteiger partial charge < -0.3 is 4.74 Å². The molecule has 94 valence electrons. The van der Waals surface area contributed by atoms with Gasteiger partial charge in [0.15, 0.2) is 0 Å². The van der Waals surface area contributed by atoms with Gasteiger partial charge in [-0.1, -0.05) is 12.1 Å². The molecule has 19 heavy (non-hydrogen) atoms. The second-order valence-corrected chi connectivity index (χ2v) is 3.94. The summed E-state index contributed by atoms with van der Waals surface area (Å²) in [6.45, 7) is 0.244. The molecule has 0 amide bonds. The molecule has 0 atom stereocenters. The molecule has 0 N–H and O–H groups in total. The van der Waals surface area contributed by atoms with Gasteiger partial charge >= 0.3 is 0 Å². The minimum atomic E-state index is -0.514. The third-order valence-electron chi connectivity index (χ3n) is 2.52. The van der Waals surface area contributed by atoms with Crippen LogP contribution in [0.3, 0.4) is 0 Å². The Kier molecular flexibility index (Phi) is 3.89. The molecule has 0 aliphatic rings. The van der Waals surface area contributed by atoms with Crippen molar-refractivity contribution in [3.8, 4) is 11.8 Å². The smallest absolute Gasteiger partial charge is 0.150 e. The largest absolute Gasteiger partial charge is 0.489 e. The van der Waals surface area contributed by atoms with Gasteiger partial charge in [0.1, 0.15) is 24.5 Å². The van der Waals surface area contributed by atoms with Gasteiger partial charge in [-0.2, -0.15) is 5.26 Å². The molecule has 2 aromatic rings. The van der Waals surface area contributed by atoms with E-state index in [1.54, 1.807) is 24.3 Å². The Balaban J connectivity index is 2.07. The van der Waals surface area contributed by atoms with Crippen LogP contribution in [0, 0.1) is 17.1 Å². The first-order valence-corrected chi connectivity index (χ1v) is 5.59. The Morgan fingerprint density at radius 3 is 2.58 bits per heavy atom. The maximum atomic E-state index is 13.2. The number of halogens is 1. The summed E-state index contributed by atoms with van der Waals surface area (Å²) in [5.41, 5.74) is 1.66. The number of carbonyl (C=O) groups excluding carboxylic acids is 1. The number of benzene rings is 2. The van der Waals surface area contributed by atoms with Crippen molar-refractivity contribution in [1.82, 2.24) is 0 Å². The fraction of sp³-hybridized carbons (Fsp3) is 0.0667. The quantitative estimate of drug-likeness (QED) is 0.789. The molecule has 0 aliphatic heterocycles. The second kappa shape index (κ2) is 5.78. The van der Waals surface area contributed by atoms with E-state index >= 15 is 0 Å². The van der Waals surface area contributed by atoms with Crippen molar-refractivity contribution >= 4 is 6.29 Å². The van der Waals surface area contributed by atoms with Crippen molar-refractivity contribution in [2.75, 3.05) is 0 Å². The number of carbonyl (C=O) groups is 1. The molecule has 0 bridgehead atoms. The summed E-state index contributed by atoms with van der Waals surface area (Å²) in [6.07, 6.45) is 0.567. The molecule has 0 saturated heterocycles. The summed E-state index contributed by atoms with van der Waals surface area (Å²) in [5, 5.41) is 8.67. The lowest BCUT2D eigenvalue weighted by Gasteiger charge is -2.07. The first-order valence-electron chi connectivity index (χ1n) is 5.59. The van der Waals surface area contributed by atoms with Gasteiger partial charge in [-0.25, -0.2) is 4.39 Å². The molecule has 2 rings (SSSR count). The predicted molar refractivity (Wildman–Crippen MR) is 67.3 cm³/mol. The molecule has 0 aliphatic carbocycles. The summed E-state index contributed by atoms with van der Waals surface area (Å²) in [6, 6.07) is 12.7. The van der Waals surface area contributed by atoms with E-state index in [-0.39, 0.29) is 12.2 Å². The number of ether oxygens (including phenoxy) is 1. The number of aldehydes is 1. The van der Waals surface area contributed by atoms with Gasteiger partial charge in [-0.05, 0) is 29.8 Å². The molecular weight excluding hydrogens is 245 g/mol. The van der Waals surface area contributed by atoms with E-state index in [2.05, 4.69) is 0 Å². The van der Waals surface area contributed by atoms with Gasteiger partial charge in [0.25, 0.3) is 0 Å². The van der Waals surface area contributed by atoms with Crippen molar-refractivity contribution in [1.29, 1.82) is 5.26 Å². The Morgan fingerprint density at radius 1 is 1.21 bits per heavy atom. The highest BCUT2D eigenvalue weighted by Crippen LogP contribution is 2.17. The molecule has 2 aromatic carbocycles. The number of nitriles is 1. The first-order chi connectivity index (χ1) is 9.21. The Bertz CT molecular complexity index is 630. The molecule has 0 saturated carbocycles. The maximum Gasteiger partial charge on any atom is 0.150 e. The number of hydrogen-bond acceptors (Lipinski definition) is 3. The third-order valence-corrected chi connectivity index (χ3v) is 2.52. The second-order valence-electron chi connectivity index (χ2n) is 3.94. The number of hydrogen-bond donors (Lipinski definition) is 0. The third kappa shape index (κ3) is 3.39. The van der Waals surface area contributed by atoms with Crippen LogP contribution < -0.4 is 4.74 Å². The van der Waals surface area contributed by atoms with Gasteiger partial charge in [0.05, 0.1) is 11.6 Å². The Hall–Kier alpha value is -2.67. The normalized spacial score (nSPS) is 9.68. The van der Waals surface area contributed by atoms with Crippen LogP contribution in [0.15, 0.2) is 42.5 Å². The van der Waals surface area contributed by atoms with Crippen molar-refractivity contribution in [2.45, 2.75) is 6.61 Å². The molecule has 4 heteroatoms. The van der Waals surface area contributed by atoms with E-state index in [1.165, 1.54) is 12.1 Å². The average molecular weight is 255 g/mol. The predicted octanol–water partition coefficient (Wildman–Crippen LogP) is 3.09. The molecule has 0 heterocycles. The summed E-state index contributed by atoms with van der Waals surface area (Å²) >= 11 is 0. The molecular formula is C15H10FNO2. The minimum absolute atomic E-state index is 0.231.